The Labute approximate surface area is 184 Å². The minimum atomic E-state index is -0.633. The monoisotopic (exact) mass is 419 g/mol. The number of piperidine rings is 1. The Morgan fingerprint density at radius 3 is 2.37 bits per heavy atom. The van der Waals surface area contributed by atoms with E-state index in [1.165, 1.54) is 24.8 Å². The Balaban J connectivity index is 1.93. The molecule has 2 aliphatic rings. The van der Waals surface area contributed by atoms with Crippen LogP contribution in [0, 0.1) is 11.8 Å². The summed E-state index contributed by atoms with van der Waals surface area (Å²) in [6.07, 6.45) is 9.05. The summed E-state index contributed by atoms with van der Waals surface area (Å²) in [7, 11) is 0. The minimum absolute atomic E-state index is 0.0796. The predicted molar refractivity (Wildman–Crippen MR) is 124 cm³/mol. The molecule has 2 rings (SSSR count). The number of rotatable bonds is 10. The van der Waals surface area contributed by atoms with E-state index >= 15 is 0 Å². The molecule has 0 aliphatic carbocycles. The summed E-state index contributed by atoms with van der Waals surface area (Å²) in [5.74, 6) is 1.31. The smallest absolute Gasteiger partial charge is 0.246 e. The van der Waals surface area contributed by atoms with Gasteiger partial charge in [0.05, 0.1) is 0 Å². The van der Waals surface area contributed by atoms with Crippen molar-refractivity contribution in [2.24, 2.45) is 11.8 Å². The average molecular weight is 420 g/mol. The van der Waals surface area contributed by atoms with Crippen molar-refractivity contribution in [1.29, 1.82) is 0 Å². The molecule has 0 aromatic heterocycles. The molecule has 2 unspecified atom stereocenters. The van der Waals surface area contributed by atoms with Crippen molar-refractivity contribution in [3.8, 4) is 0 Å². The molecule has 5 heteroatoms. The lowest BCUT2D eigenvalue weighted by atomic mass is 9.80. The standard InChI is InChI=1S/C25H45N3O2/c1-7-14-28-23(29)22(18-20(4)5)26-24(30)25(28)12-16-27(17-13-25)15-11-21(6)10-8-9-19(2)3/h9,20-22H,7-8,10-18H2,1-6H3,(H,26,30). The zero-order valence-electron chi connectivity index (χ0n) is 20.3. The lowest BCUT2D eigenvalue weighted by molar-refractivity contribution is -0.161. The van der Waals surface area contributed by atoms with Gasteiger partial charge in [-0.15, -0.1) is 0 Å². The molecule has 0 aromatic rings. The SMILES string of the molecule is CCCN1C(=O)C(CC(C)C)NC(=O)C12CCN(CCC(C)CCC=C(C)C)CC2. The van der Waals surface area contributed by atoms with Crippen LogP contribution < -0.4 is 5.32 Å². The second kappa shape index (κ2) is 11.3. The molecule has 0 radical (unpaired) electrons. The highest BCUT2D eigenvalue weighted by atomic mass is 16.2. The van der Waals surface area contributed by atoms with E-state index < -0.39 is 5.54 Å². The van der Waals surface area contributed by atoms with Crippen molar-refractivity contribution in [3.05, 3.63) is 11.6 Å². The molecule has 5 nitrogen and oxygen atoms in total. The van der Waals surface area contributed by atoms with Gasteiger partial charge in [0.25, 0.3) is 0 Å². The third-order valence-corrected chi connectivity index (χ3v) is 6.80. The summed E-state index contributed by atoms with van der Waals surface area (Å²) >= 11 is 0. The maximum absolute atomic E-state index is 13.2. The van der Waals surface area contributed by atoms with Crippen molar-refractivity contribution >= 4 is 11.8 Å². The van der Waals surface area contributed by atoms with E-state index in [4.69, 9.17) is 0 Å². The number of allylic oxidation sites excluding steroid dienone is 2. The molecule has 1 spiro atoms. The maximum Gasteiger partial charge on any atom is 0.246 e. The number of carbonyl (C=O) groups is 2. The van der Waals surface area contributed by atoms with E-state index in [-0.39, 0.29) is 17.9 Å². The van der Waals surface area contributed by atoms with Crippen LogP contribution in [0.4, 0.5) is 0 Å². The molecule has 0 saturated carbocycles. The van der Waals surface area contributed by atoms with Gasteiger partial charge in [-0.25, -0.2) is 0 Å². The van der Waals surface area contributed by atoms with Gasteiger partial charge in [0.15, 0.2) is 0 Å². The highest BCUT2D eigenvalue weighted by molar-refractivity contribution is 6.00. The molecule has 2 amide bonds. The first-order chi connectivity index (χ1) is 14.2. The first-order valence-electron chi connectivity index (χ1n) is 12.2. The zero-order valence-corrected chi connectivity index (χ0v) is 20.3. The van der Waals surface area contributed by atoms with Gasteiger partial charge in [0.2, 0.25) is 11.8 Å². The van der Waals surface area contributed by atoms with Crippen LogP contribution in [-0.2, 0) is 9.59 Å². The van der Waals surface area contributed by atoms with Crippen LogP contribution in [0.25, 0.3) is 0 Å². The normalized spacial score (nSPS) is 23.0. The van der Waals surface area contributed by atoms with Crippen molar-refractivity contribution in [1.82, 2.24) is 15.1 Å². The Kier molecular flexibility index (Phi) is 9.39. The fraction of sp³-hybridized carbons (Fsp3) is 0.840. The van der Waals surface area contributed by atoms with E-state index in [1.807, 2.05) is 4.90 Å². The van der Waals surface area contributed by atoms with Crippen molar-refractivity contribution in [2.75, 3.05) is 26.2 Å². The Hall–Kier alpha value is -1.36. The molecule has 30 heavy (non-hydrogen) atoms. The maximum atomic E-state index is 13.2. The van der Waals surface area contributed by atoms with Crippen molar-refractivity contribution < 1.29 is 9.59 Å². The molecule has 0 bridgehead atoms. The third-order valence-electron chi connectivity index (χ3n) is 6.80. The largest absolute Gasteiger partial charge is 0.342 e. The van der Waals surface area contributed by atoms with Gasteiger partial charge in [0.1, 0.15) is 11.6 Å². The van der Waals surface area contributed by atoms with Crippen molar-refractivity contribution in [2.45, 2.75) is 98.1 Å². The molecule has 2 saturated heterocycles. The Morgan fingerprint density at radius 1 is 1.13 bits per heavy atom. The summed E-state index contributed by atoms with van der Waals surface area (Å²) in [5.41, 5.74) is 0.766. The second-order valence-corrected chi connectivity index (χ2v) is 10.3. The van der Waals surface area contributed by atoms with E-state index in [9.17, 15) is 9.59 Å². The molecule has 0 aromatic carbocycles. The fourth-order valence-corrected chi connectivity index (χ4v) is 4.90. The van der Waals surface area contributed by atoms with Gasteiger partial charge in [-0.05, 0) is 77.2 Å². The zero-order chi connectivity index (χ0) is 22.3. The van der Waals surface area contributed by atoms with Crippen molar-refractivity contribution in [3.63, 3.8) is 0 Å². The summed E-state index contributed by atoms with van der Waals surface area (Å²) in [5, 5.41) is 3.09. The quantitative estimate of drug-likeness (QED) is 0.535. The lowest BCUT2D eigenvalue weighted by Gasteiger charge is -2.52. The van der Waals surface area contributed by atoms with Gasteiger partial charge < -0.3 is 15.1 Å². The third kappa shape index (κ3) is 6.32. The molecule has 2 heterocycles. The van der Waals surface area contributed by atoms with Crippen LogP contribution in [0.5, 0.6) is 0 Å². The predicted octanol–water partition coefficient (Wildman–Crippen LogP) is 4.38. The number of nitrogens with zero attached hydrogens (tertiary/aromatic N) is 2. The summed E-state index contributed by atoms with van der Waals surface area (Å²) < 4.78 is 0. The first-order valence-corrected chi connectivity index (χ1v) is 12.2. The van der Waals surface area contributed by atoms with Gasteiger partial charge in [-0.3, -0.25) is 9.59 Å². The molecular weight excluding hydrogens is 374 g/mol. The van der Waals surface area contributed by atoms with E-state index in [1.54, 1.807) is 0 Å². The fourth-order valence-electron chi connectivity index (χ4n) is 4.90. The van der Waals surface area contributed by atoms with Crippen LogP contribution >= 0.6 is 0 Å². The number of hydrogen-bond acceptors (Lipinski definition) is 3. The highest BCUT2D eigenvalue weighted by Gasteiger charge is 2.53. The lowest BCUT2D eigenvalue weighted by Crippen LogP contribution is -2.73. The van der Waals surface area contributed by atoms with Crippen LogP contribution in [0.1, 0.15) is 86.5 Å². The molecule has 1 N–H and O–H groups in total. The number of hydrogen-bond donors (Lipinski definition) is 1. The molecular formula is C25H45N3O2. The summed E-state index contributed by atoms with van der Waals surface area (Å²) in [6, 6.07) is -0.352. The van der Waals surface area contributed by atoms with Crippen LogP contribution in [-0.4, -0.2) is 59.4 Å². The Morgan fingerprint density at radius 2 is 1.80 bits per heavy atom. The van der Waals surface area contributed by atoms with Crippen LogP contribution in [0.3, 0.4) is 0 Å². The summed E-state index contributed by atoms with van der Waals surface area (Å²) in [6.45, 7) is 16.5. The highest BCUT2D eigenvalue weighted by Crippen LogP contribution is 2.34. The van der Waals surface area contributed by atoms with E-state index in [0.717, 1.165) is 45.3 Å². The number of likely N-dealkylation sites (tertiary alicyclic amines) is 1. The Bertz CT molecular complexity index is 602. The average Bonchev–Trinajstić information content (AvgIpc) is 2.68. The minimum Gasteiger partial charge on any atom is -0.342 e. The number of piperazine rings is 1. The molecule has 2 aliphatic heterocycles. The van der Waals surface area contributed by atoms with Crippen LogP contribution in [0.2, 0.25) is 0 Å². The first kappa shape index (κ1) is 24.9. The topological polar surface area (TPSA) is 52.7 Å². The number of amides is 2. The van der Waals surface area contributed by atoms with Crippen LogP contribution in [0.15, 0.2) is 11.6 Å². The second-order valence-electron chi connectivity index (χ2n) is 10.3. The van der Waals surface area contributed by atoms with E-state index in [0.29, 0.717) is 18.4 Å². The summed E-state index contributed by atoms with van der Waals surface area (Å²) in [4.78, 5) is 30.9. The van der Waals surface area contributed by atoms with E-state index in [2.05, 4.69) is 57.8 Å². The molecule has 2 atom stereocenters. The van der Waals surface area contributed by atoms with Gasteiger partial charge in [0, 0.05) is 19.6 Å². The number of carbonyl (C=O) groups excluding carboxylic acids is 2. The number of nitrogens with one attached hydrogen (secondary N) is 1. The molecule has 172 valence electrons. The molecule has 2 fully saturated rings. The van der Waals surface area contributed by atoms with Gasteiger partial charge in [-0.1, -0.05) is 39.3 Å². The van der Waals surface area contributed by atoms with Gasteiger partial charge in [-0.2, -0.15) is 0 Å². The van der Waals surface area contributed by atoms with Gasteiger partial charge >= 0.3 is 0 Å².